The molecule has 0 aliphatic carbocycles. The average Bonchev–Trinajstić information content (AvgIpc) is 3.04. The topological polar surface area (TPSA) is 52.3 Å². The van der Waals surface area contributed by atoms with Crippen molar-refractivity contribution in [2.45, 2.75) is 6.61 Å². The van der Waals surface area contributed by atoms with Crippen LogP contribution in [0.4, 0.5) is 0 Å². The summed E-state index contributed by atoms with van der Waals surface area (Å²) in [7, 11) is 0. The van der Waals surface area contributed by atoms with Crippen LogP contribution in [0.2, 0.25) is 5.02 Å². The molecule has 0 saturated carbocycles. The van der Waals surface area contributed by atoms with Gasteiger partial charge < -0.3 is 9.15 Å². The summed E-state index contributed by atoms with van der Waals surface area (Å²) in [5, 5.41) is 0.623. The summed E-state index contributed by atoms with van der Waals surface area (Å²) in [5.41, 5.74) is 1.80. The Hall–Kier alpha value is -2.59. The number of nitrogens with zero attached hydrogens (tertiary/aromatic N) is 1. The molecule has 22 heavy (non-hydrogen) atoms. The maximum Gasteiger partial charge on any atom is 0.360 e. The molecule has 0 unspecified atom stereocenters. The lowest BCUT2D eigenvalue weighted by Crippen LogP contribution is -2.05. The molecule has 0 aliphatic heterocycles. The second-order valence-corrected chi connectivity index (χ2v) is 5.04. The van der Waals surface area contributed by atoms with Gasteiger partial charge in [-0.3, -0.25) is 0 Å². The lowest BCUT2D eigenvalue weighted by Gasteiger charge is -2.01. The monoisotopic (exact) mass is 313 g/mol. The minimum atomic E-state index is -0.521. The molecule has 0 radical (unpaired) electrons. The predicted molar refractivity (Wildman–Crippen MR) is 82.5 cm³/mol. The molecule has 2 aromatic carbocycles. The van der Waals surface area contributed by atoms with Gasteiger partial charge in [0.05, 0.1) is 0 Å². The molecule has 3 aromatic rings. The summed E-state index contributed by atoms with van der Waals surface area (Å²) in [6, 6.07) is 16.4. The van der Waals surface area contributed by atoms with Gasteiger partial charge in [0.1, 0.15) is 12.9 Å². The zero-order valence-electron chi connectivity index (χ0n) is 11.5. The standard InChI is InChI=1S/C17H12ClNO3/c18-14-8-6-13(7-9-14)16-19-15(11-21-16)17(20)22-10-12-4-2-1-3-5-12/h1-9,11H,10H2. The minimum Gasteiger partial charge on any atom is -0.456 e. The highest BCUT2D eigenvalue weighted by molar-refractivity contribution is 6.30. The van der Waals surface area contributed by atoms with Crippen LogP contribution in [0.3, 0.4) is 0 Å². The van der Waals surface area contributed by atoms with Crippen LogP contribution >= 0.6 is 11.6 Å². The van der Waals surface area contributed by atoms with Crippen LogP contribution in [0.1, 0.15) is 16.1 Å². The van der Waals surface area contributed by atoms with Crippen LogP contribution in [0, 0.1) is 0 Å². The Morgan fingerprint density at radius 2 is 1.82 bits per heavy atom. The van der Waals surface area contributed by atoms with Gasteiger partial charge in [0.15, 0.2) is 5.69 Å². The van der Waals surface area contributed by atoms with Crippen molar-refractivity contribution < 1.29 is 13.9 Å². The van der Waals surface area contributed by atoms with Gasteiger partial charge in [-0.1, -0.05) is 41.9 Å². The number of oxazole rings is 1. The first-order chi connectivity index (χ1) is 10.7. The Morgan fingerprint density at radius 3 is 2.55 bits per heavy atom. The van der Waals surface area contributed by atoms with Gasteiger partial charge in [-0.2, -0.15) is 0 Å². The van der Waals surface area contributed by atoms with Gasteiger partial charge >= 0.3 is 5.97 Å². The number of esters is 1. The van der Waals surface area contributed by atoms with Crippen LogP contribution < -0.4 is 0 Å². The fourth-order valence-electron chi connectivity index (χ4n) is 1.89. The quantitative estimate of drug-likeness (QED) is 0.672. The lowest BCUT2D eigenvalue weighted by atomic mass is 10.2. The molecule has 5 heteroatoms. The first-order valence-electron chi connectivity index (χ1n) is 6.65. The van der Waals surface area contributed by atoms with Crippen molar-refractivity contribution in [1.82, 2.24) is 4.98 Å². The maximum atomic E-state index is 12.0. The fourth-order valence-corrected chi connectivity index (χ4v) is 2.02. The average molecular weight is 314 g/mol. The Morgan fingerprint density at radius 1 is 1.09 bits per heavy atom. The fraction of sp³-hybridized carbons (Fsp3) is 0.0588. The lowest BCUT2D eigenvalue weighted by molar-refractivity contribution is 0.0465. The van der Waals surface area contributed by atoms with Gasteiger partial charge in [0.25, 0.3) is 0 Å². The highest BCUT2D eigenvalue weighted by Gasteiger charge is 2.14. The molecular weight excluding hydrogens is 302 g/mol. The summed E-state index contributed by atoms with van der Waals surface area (Å²) in [6.45, 7) is 0.197. The second-order valence-electron chi connectivity index (χ2n) is 4.61. The van der Waals surface area contributed by atoms with E-state index in [0.29, 0.717) is 10.9 Å². The second kappa shape index (κ2) is 6.45. The molecule has 0 N–H and O–H groups in total. The summed E-state index contributed by atoms with van der Waals surface area (Å²) in [4.78, 5) is 16.1. The van der Waals surface area contributed by atoms with E-state index in [1.54, 1.807) is 24.3 Å². The highest BCUT2D eigenvalue weighted by atomic mass is 35.5. The predicted octanol–water partition coefficient (Wildman–Crippen LogP) is 4.35. The Labute approximate surface area is 132 Å². The summed E-state index contributed by atoms with van der Waals surface area (Å²) < 4.78 is 10.5. The number of ether oxygens (including phenoxy) is 1. The molecule has 1 heterocycles. The Bertz CT molecular complexity index is 766. The third-order valence-electron chi connectivity index (χ3n) is 3.02. The summed E-state index contributed by atoms with van der Waals surface area (Å²) >= 11 is 5.83. The molecule has 4 nitrogen and oxygen atoms in total. The molecule has 1 aromatic heterocycles. The van der Waals surface area contributed by atoms with Crippen molar-refractivity contribution in [3.63, 3.8) is 0 Å². The number of hydrogen-bond acceptors (Lipinski definition) is 4. The van der Waals surface area contributed by atoms with Crippen molar-refractivity contribution in [2.24, 2.45) is 0 Å². The van der Waals surface area contributed by atoms with Crippen molar-refractivity contribution in [1.29, 1.82) is 0 Å². The molecule has 3 rings (SSSR count). The molecule has 0 fully saturated rings. The van der Waals surface area contributed by atoms with Crippen LogP contribution in [-0.2, 0) is 11.3 Å². The first-order valence-corrected chi connectivity index (χ1v) is 7.03. The van der Waals surface area contributed by atoms with E-state index in [1.807, 2.05) is 30.3 Å². The molecule has 0 saturated heterocycles. The maximum absolute atomic E-state index is 12.0. The van der Waals surface area contributed by atoms with Gasteiger partial charge in [0.2, 0.25) is 5.89 Å². The molecule has 110 valence electrons. The van der Waals surface area contributed by atoms with Crippen LogP contribution in [-0.4, -0.2) is 11.0 Å². The van der Waals surface area contributed by atoms with E-state index in [1.165, 1.54) is 6.26 Å². The van der Waals surface area contributed by atoms with E-state index in [2.05, 4.69) is 4.98 Å². The van der Waals surface area contributed by atoms with Gasteiger partial charge in [-0.25, -0.2) is 9.78 Å². The smallest absolute Gasteiger partial charge is 0.360 e. The molecule has 0 aliphatic rings. The zero-order valence-corrected chi connectivity index (χ0v) is 12.3. The first kappa shape index (κ1) is 14.4. The van der Waals surface area contributed by atoms with E-state index >= 15 is 0 Å². The van der Waals surface area contributed by atoms with Crippen molar-refractivity contribution in [3.05, 3.63) is 77.1 Å². The Kier molecular flexibility index (Phi) is 4.21. The van der Waals surface area contributed by atoms with Gasteiger partial charge in [-0.05, 0) is 29.8 Å². The van der Waals surface area contributed by atoms with Crippen molar-refractivity contribution in [2.75, 3.05) is 0 Å². The van der Waals surface area contributed by atoms with E-state index < -0.39 is 5.97 Å². The minimum absolute atomic E-state index is 0.140. The summed E-state index contributed by atoms with van der Waals surface area (Å²) in [6.07, 6.45) is 1.29. The number of carbonyl (C=O) groups excluding carboxylic acids is 1. The molecule has 0 bridgehead atoms. The van der Waals surface area contributed by atoms with Crippen molar-refractivity contribution >= 4 is 17.6 Å². The van der Waals surface area contributed by atoms with E-state index in [0.717, 1.165) is 11.1 Å². The number of carbonyl (C=O) groups is 1. The van der Waals surface area contributed by atoms with Crippen LogP contribution in [0.25, 0.3) is 11.5 Å². The van der Waals surface area contributed by atoms with Gasteiger partial charge in [-0.15, -0.1) is 0 Å². The van der Waals surface area contributed by atoms with E-state index in [9.17, 15) is 4.79 Å². The van der Waals surface area contributed by atoms with Crippen LogP contribution in [0.5, 0.6) is 0 Å². The van der Waals surface area contributed by atoms with Crippen molar-refractivity contribution in [3.8, 4) is 11.5 Å². The van der Waals surface area contributed by atoms with Crippen LogP contribution in [0.15, 0.2) is 65.3 Å². The molecule has 0 atom stereocenters. The number of halogens is 1. The highest BCUT2D eigenvalue weighted by Crippen LogP contribution is 2.21. The summed E-state index contributed by atoms with van der Waals surface area (Å²) in [5.74, 6) is -0.170. The van der Waals surface area contributed by atoms with E-state index in [-0.39, 0.29) is 12.3 Å². The van der Waals surface area contributed by atoms with Gasteiger partial charge in [0, 0.05) is 10.6 Å². The van der Waals surface area contributed by atoms with E-state index in [4.69, 9.17) is 20.8 Å². The molecule has 0 spiro atoms. The molecular formula is C17H12ClNO3. The SMILES string of the molecule is O=C(OCc1ccccc1)c1coc(-c2ccc(Cl)cc2)n1. The number of hydrogen-bond donors (Lipinski definition) is 0. The third kappa shape index (κ3) is 3.35. The number of aromatic nitrogens is 1. The Balaban J connectivity index is 1.68. The molecule has 0 amide bonds. The normalized spacial score (nSPS) is 10.4. The number of rotatable bonds is 4. The largest absolute Gasteiger partial charge is 0.456 e. The number of benzene rings is 2. The third-order valence-corrected chi connectivity index (χ3v) is 3.27. The zero-order chi connectivity index (χ0) is 15.4.